The molecule has 0 saturated heterocycles. The number of anilines is 1. The van der Waals surface area contributed by atoms with Gasteiger partial charge in [0.2, 0.25) is 0 Å². The lowest BCUT2D eigenvalue weighted by Crippen LogP contribution is -2.21. The zero-order valence-corrected chi connectivity index (χ0v) is 20.1. The van der Waals surface area contributed by atoms with Gasteiger partial charge >= 0.3 is 0 Å². The lowest BCUT2D eigenvalue weighted by Gasteiger charge is -2.17. The summed E-state index contributed by atoms with van der Waals surface area (Å²) in [6, 6.07) is 12.3. The van der Waals surface area contributed by atoms with Crippen molar-refractivity contribution in [3.05, 3.63) is 57.5 Å². The highest BCUT2D eigenvalue weighted by molar-refractivity contribution is 8.00. The number of non-ortho nitro benzene ring substituents is 1. The molecule has 1 aromatic heterocycles. The van der Waals surface area contributed by atoms with Crippen LogP contribution in [0, 0.1) is 10.1 Å². The summed E-state index contributed by atoms with van der Waals surface area (Å²) in [6.45, 7) is 6.77. The molecule has 0 aliphatic carbocycles. The molecule has 0 spiro atoms. The predicted octanol–water partition coefficient (Wildman–Crippen LogP) is 5.70. The van der Waals surface area contributed by atoms with E-state index in [0.717, 1.165) is 45.8 Å². The topological polar surface area (TPSA) is 89.8 Å². The smallest absolute Gasteiger partial charge is 0.270 e. The number of methoxy groups -OCH3 is 2. The summed E-state index contributed by atoms with van der Waals surface area (Å²) in [5, 5.41) is 12.0. The monoisotopic (exact) mass is 474 g/mol. The van der Waals surface area contributed by atoms with Gasteiger partial charge in [0.05, 0.1) is 24.8 Å². The molecule has 1 N–H and O–H groups in total. The Labute approximate surface area is 195 Å². The highest BCUT2D eigenvalue weighted by atomic mass is 32.2. The molecule has 32 heavy (non-hydrogen) atoms. The third kappa shape index (κ3) is 5.70. The maximum absolute atomic E-state index is 11.2. The fourth-order valence-corrected chi connectivity index (χ4v) is 4.85. The molecule has 0 aliphatic rings. The van der Waals surface area contributed by atoms with Crippen molar-refractivity contribution in [1.29, 1.82) is 0 Å². The van der Waals surface area contributed by atoms with Crippen molar-refractivity contribution < 1.29 is 14.4 Å². The van der Waals surface area contributed by atoms with Gasteiger partial charge < -0.3 is 14.2 Å². The summed E-state index contributed by atoms with van der Waals surface area (Å²) < 4.78 is 14.0. The lowest BCUT2D eigenvalue weighted by molar-refractivity contribution is -0.384. The summed E-state index contributed by atoms with van der Waals surface area (Å²) >= 11 is 2.97. The number of rotatable bonds is 11. The number of nitro groups is 1. The Kier molecular flexibility index (Phi) is 8.32. The molecule has 8 nitrogen and oxygen atoms in total. The number of thiazole rings is 1. The zero-order valence-electron chi connectivity index (χ0n) is 18.5. The Morgan fingerprint density at radius 1 is 1.12 bits per heavy atom. The van der Waals surface area contributed by atoms with E-state index in [1.165, 1.54) is 18.0 Å². The SMILES string of the molecule is CCN(CC)Cc1sc(NSc2ccc(OC)c(OC)c2)nc1-c1cccc([N+](=O)[O-])c1. The van der Waals surface area contributed by atoms with E-state index in [1.807, 2.05) is 24.3 Å². The van der Waals surface area contributed by atoms with Gasteiger partial charge in [0, 0.05) is 34.0 Å². The molecular weight excluding hydrogens is 448 g/mol. The molecule has 3 rings (SSSR count). The molecule has 0 atom stereocenters. The Morgan fingerprint density at radius 2 is 1.88 bits per heavy atom. The standard InChI is InChI=1S/C22H26N4O4S2/c1-5-25(6-2)14-20-21(15-8-7-9-16(12-15)26(27)28)23-22(31-20)24-32-17-10-11-18(29-3)19(13-17)30-4/h7-13H,5-6,14H2,1-4H3,(H,23,24). The van der Waals surface area contributed by atoms with Gasteiger partial charge in [-0.25, -0.2) is 4.98 Å². The second-order valence-corrected chi connectivity index (χ2v) is 8.74. The van der Waals surface area contributed by atoms with E-state index in [4.69, 9.17) is 14.5 Å². The maximum Gasteiger partial charge on any atom is 0.270 e. The Hall–Kier alpha value is -2.82. The molecule has 0 saturated carbocycles. The number of nitrogens with zero attached hydrogens (tertiary/aromatic N) is 3. The maximum atomic E-state index is 11.2. The van der Waals surface area contributed by atoms with E-state index in [1.54, 1.807) is 37.7 Å². The van der Waals surface area contributed by atoms with Crippen molar-refractivity contribution in [2.75, 3.05) is 32.0 Å². The van der Waals surface area contributed by atoms with Crippen LogP contribution in [0.3, 0.4) is 0 Å². The molecule has 0 radical (unpaired) electrons. The summed E-state index contributed by atoms with van der Waals surface area (Å²) in [5.74, 6) is 1.32. The lowest BCUT2D eigenvalue weighted by atomic mass is 10.1. The Bertz CT molecular complexity index is 1070. The van der Waals surface area contributed by atoms with Crippen molar-refractivity contribution in [2.45, 2.75) is 25.3 Å². The van der Waals surface area contributed by atoms with Crippen molar-refractivity contribution >= 4 is 34.1 Å². The molecule has 0 bridgehead atoms. The van der Waals surface area contributed by atoms with Crippen LogP contribution in [-0.4, -0.2) is 42.1 Å². The molecule has 3 aromatic rings. The first kappa shape index (κ1) is 23.8. The van der Waals surface area contributed by atoms with Crippen molar-refractivity contribution in [1.82, 2.24) is 9.88 Å². The van der Waals surface area contributed by atoms with Gasteiger partial charge in [0.25, 0.3) is 5.69 Å². The van der Waals surface area contributed by atoms with E-state index in [0.29, 0.717) is 11.5 Å². The summed E-state index contributed by atoms with van der Waals surface area (Å²) in [7, 11) is 3.21. The van der Waals surface area contributed by atoms with Crippen LogP contribution < -0.4 is 14.2 Å². The van der Waals surface area contributed by atoms with Gasteiger partial charge in [-0.05, 0) is 43.2 Å². The fourth-order valence-electron chi connectivity index (χ4n) is 3.13. The number of benzene rings is 2. The molecule has 2 aromatic carbocycles. The fraction of sp³-hybridized carbons (Fsp3) is 0.318. The van der Waals surface area contributed by atoms with Crippen molar-refractivity contribution in [2.24, 2.45) is 0 Å². The van der Waals surface area contributed by atoms with Crippen LogP contribution in [0.1, 0.15) is 18.7 Å². The zero-order chi connectivity index (χ0) is 23.1. The van der Waals surface area contributed by atoms with Gasteiger partial charge in [-0.3, -0.25) is 15.0 Å². The van der Waals surface area contributed by atoms with Crippen LogP contribution >= 0.6 is 23.3 Å². The van der Waals surface area contributed by atoms with Gasteiger partial charge in [-0.2, -0.15) is 0 Å². The molecule has 170 valence electrons. The molecule has 10 heteroatoms. The van der Waals surface area contributed by atoms with Crippen molar-refractivity contribution in [3.63, 3.8) is 0 Å². The van der Waals surface area contributed by atoms with Gasteiger partial charge in [-0.1, -0.05) is 37.3 Å². The minimum atomic E-state index is -0.383. The van der Waals surface area contributed by atoms with Crippen LogP contribution in [0.15, 0.2) is 47.4 Å². The van der Waals surface area contributed by atoms with E-state index in [9.17, 15) is 10.1 Å². The number of nitrogens with one attached hydrogen (secondary N) is 1. The number of ether oxygens (including phenoxy) is 2. The predicted molar refractivity (Wildman–Crippen MR) is 130 cm³/mol. The van der Waals surface area contributed by atoms with Gasteiger partial charge in [0.1, 0.15) is 0 Å². The number of hydrogen-bond donors (Lipinski definition) is 1. The summed E-state index contributed by atoms with van der Waals surface area (Å²) in [6.07, 6.45) is 0. The molecule has 0 amide bonds. The Balaban J connectivity index is 1.88. The molecule has 0 fully saturated rings. The van der Waals surface area contributed by atoms with Crippen LogP contribution in [0.25, 0.3) is 11.3 Å². The van der Waals surface area contributed by atoms with Crippen LogP contribution in [0.5, 0.6) is 11.5 Å². The summed E-state index contributed by atoms with van der Waals surface area (Å²) in [5.41, 5.74) is 1.56. The minimum Gasteiger partial charge on any atom is -0.493 e. The molecule has 0 aliphatic heterocycles. The number of nitro benzene ring substituents is 1. The van der Waals surface area contributed by atoms with E-state index in [-0.39, 0.29) is 10.6 Å². The first-order chi connectivity index (χ1) is 15.5. The molecular formula is C22H26N4O4S2. The summed E-state index contributed by atoms with van der Waals surface area (Å²) in [4.78, 5) is 19.9. The van der Waals surface area contributed by atoms with Crippen LogP contribution in [-0.2, 0) is 6.54 Å². The second-order valence-electron chi connectivity index (χ2n) is 6.78. The second kappa shape index (κ2) is 11.2. The quantitative estimate of drug-likeness (QED) is 0.215. The van der Waals surface area contributed by atoms with Gasteiger partial charge in [0.15, 0.2) is 16.6 Å². The van der Waals surface area contributed by atoms with E-state index in [2.05, 4.69) is 23.5 Å². The highest BCUT2D eigenvalue weighted by Gasteiger charge is 2.18. The van der Waals surface area contributed by atoms with Crippen molar-refractivity contribution in [3.8, 4) is 22.8 Å². The Morgan fingerprint density at radius 3 is 2.53 bits per heavy atom. The third-order valence-electron chi connectivity index (χ3n) is 4.90. The highest BCUT2D eigenvalue weighted by Crippen LogP contribution is 2.37. The van der Waals surface area contributed by atoms with Gasteiger partial charge in [-0.15, -0.1) is 0 Å². The minimum absolute atomic E-state index is 0.0542. The molecule has 1 heterocycles. The molecule has 0 unspecified atom stereocenters. The average Bonchev–Trinajstić information content (AvgIpc) is 3.23. The third-order valence-corrected chi connectivity index (χ3v) is 6.77. The largest absolute Gasteiger partial charge is 0.493 e. The normalized spacial score (nSPS) is 10.9. The first-order valence-corrected chi connectivity index (χ1v) is 11.7. The number of aromatic nitrogens is 1. The van der Waals surface area contributed by atoms with E-state index >= 15 is 0 Å². The van der Waals surface area contributed by atoms with E-state index < -0.39 is 0 Å². The first-order valence-electron chi connectivity index (χ1n) is 10.1. The average molecular weight is 475 g/mol. The number of hydrogen-bond acceptors (Lipinski definition) is 9. The van der Waals surface area contributed by atoms with Crippen LogP contribution in [0.2, 0.25) is 0 Å². The van der Waals surface area contributed by atoms with Crippen LogP contribution in [0.4, 0.5) is 10.8 Å².